The standard InChI is InChI=1S/C15H20ClN3O2/c1-2-13(20)18-10-4-5-11(16)12(8-10)19-14(21)15(9-17)6-3-7-15/h4-5,8H,2-3,6-7,9,17H2,1H3,(H,18,20)(H,19,21). The van der Waals surface area contributed by atoms with E-state index in [4.69, 9.17) is 17.3 Å². The molecule has 5 nitrogen and oxygen atoms in total. The fourth-order valence-electron chi connectivity index (χ4n) is 2.33. The van der Waals surface area contributed by atoms with Gasteiger partial charge in [0, 0.05) is 18.7 Å². The zero-order valence-electron chi connectivity index (χ0n) is 12.0. The van der Waals surface area contributed by atoms with Gasteiger partial charge in [0.1, 0.15) is 0 Å². The van der Waals surface area contributed by atoms with Crippen LogP contribution in [0.4, 0.5) is 11.4 Å². The SMILES string of the molecule is CCC(=O)Nc1ccc(Cl)c(NC(=O)C2(CN)CCC2)c1. The minimum absolute atomic E-state index is 0.0907. The van der Waals surface area contributed by atoms with Crippen LogP contribution < -0.4 is 16.4 Å². The maximum absolute atomic E-state index is 12.4. The van der Waals surface area contributed by atoms with Gasteiger partial charge < -0.3 is 16.4 Å². The first kappa shape index (κ1) is 15.8. The molecule has 114 valence electrons. The molecule has 1 aliphatic carbocycles. The Kier molecular flexibility index (Phi) is 4.85. The molecular weight excluding hydrogens is 290 g/mol. The summed E-state index contributed by atoms with van der Waals surface area (Å²) in [4.78, 5) is 23.8. The maximum Gasteiger partial charge on any atom is 0.231 e. The first-order valence-electron chi connectivity index (χ1n) is 7.11. The van der Waals surface area contributed by atoms with Crippen molar-refractivity contribution >= 4 is 34.8 Å². The largest absolute Gasteiger partial charge is 0.329 e. The molecule has 0 atom stereocenters. The first-order valence-corrected chi connectivity index (χ1v) is 7.49. The molecule has 6 heteroatoms. The van der Waals surface area contributed by atoms with E-state index in [1.165, 1.54) is 0 Å². The van der Waals surface area contributed by atoms with Crippen LogP contribution in [0.5, 0.6) is 0 Å². The summed E-state index contributed by atoms with van der Waals surface area (Å²) in [6.45, 7) is 2.11. The van der Waals surface area contributed by atoms with Crippen molar-refractivity contribution < 1.29 is 9.59 Å². The van der Waals surface area contributed by atoms with E-state index in [9.17, 15) is 9.59 Å². The van der Waals surface area contributed by atoms with Crippen LogP contribution in [0.2, 0.25) is 5.02 Å². The third-order valence-electron chi connectivity index (χ3n) is 4.00. The molecule has 1 aliphatic rings. The van der Waals surface area contributed by atoms with Gasteiger partial charge >= 0.3 is 0 Å². The van der Waals surface area contributed by atoms with Gasteiger partial charge in [0.05, 0.1) is 16.1 Å². The molecule has 2 amide bonds. The molecule has 0 heterocycles. The molecule has 21 heavy (non-hydrogen) atoms. The topological polar surface area (TPSA) is 84.2 Å². The van der Waals surface area contributed by atoms with E-state index in [-0.39, 0.29) is 11.8 Å². The Hall–Kier alpha value is -1.59. The summed E-state index contributed by atoms with van der Waals surface area (Å²) in [5.41, 5.74) is 6.36. The molecule has 1 fully saturated rings. The van der Waals surface area contributed by atoms with Crippen LogP contribution in [0, 0.1) is 5.41 Å². The Morgan fingerprint density at radius 2 is 2.05 bits per heavy atom. The van der Waals surface area contributed by atoms with Crippen LogP contribution in [-0.2, 0) is 9.59 Å². The van der Waals surface area contributed by atoms with Gasteiger partial charge in [0.2, 0.25) is 11.8 Å². The van der Waals surface area contributed by atoms with Crippen molar-refractivity contribution in [3.8, 4) is 0 Å². The van der Waals surface area contributed by atoms with E-state index in [1.807, 2.05) is 0 Å². The Labute approximate surface area is 129 Å². The highest BCUT2D eigenvalue weighted by atomic mass is 35.5. The van der Waals surface area contributed by atoms with Crippen LogP contribution in [-0.4, -0.2) is 18.4 Å². The first-order chi connectivity index (χ1) is 10.0. The maximum atomic E-state index is 12.4. The second-order valence-corrected chi connectivity index (χ2v) is 5.80. The average Bonchev–Trinajstić information content (AvgIpc) is 2.41. The second-order valence-electron chi connectivity index (χ2n) is 5.39. The predicted octanol–water partition coefficient (Wildman–Crippen LogP) is 2.76. The van der Waals surface area contributed by atoms with Gasteiger partial charge in [0.15, 0.2) is 0 Å². The number of nitrogens with one attached hydrogen (secondary N) is 2. The van der Waals surface area contributed by atoms with Crippen LogP contribution >= 0.6 is 11.6 Å². The smallest absolute Gasteiger partial charge is 0.231 e. The molecule has 0 saturated heterocycles. The van der Waals surface area contributed by atoms with Crippen molar-refractivity contribution in [3.63, 3.8) is 0 Å². The summed E-state index contributed by atoms with van der Waals surface area (Å²) >= 11 is 6.11. The number of amides is 2. The van der Waals surface area contributed by atoms with Crippen molar-refractivity contribution in [1.82, 2.24) is 0 Å². The van der Waals surface area contributed by atoms with Gasteiger partial charge in [-0.05, 0) is 31.0 Å². The number of anilines is 2. The Balaban J connectivity index is 2.13. The molecule has 1 aromatic carbocycles. The highest BCUT2D eigenvalue weighted by molar-refractivity contribution is 6.34. The number of hydrogen-bond donors (Lipinski definition) is 3. The summed E-state index contributed by atoms with van der Waals surface area (Å²) in [6, 6.07) is 5.02. The monoisotopic (exact) mass is 309 g/mol. The van der Waals surface area contributed by atoms with Crippen molar-refractivity contribution in [1.29, 1.82) is 0 Å². The van der Waals surface area contributed by atoms with E-state index >= 15 is 0 Å². The third-order valence-corrected chi connectivity index (χ3v) is 4.33. The van der Waals surface area contributed by atoms with E-state index in [1.54, 1.807) is 25.1 Å². The summed E-state index contributed by atoms with van der Waals surface area (Å²) in [6.07, 6.45) is 3.02. The molecule has 1 aromatic rings. The molecular formula is C15H20ClN3O2. The summed E-state index contributed by atoms with van der Waals surface area (Å²) < 4.78 is 0. The second kappa shape index (κ2) is 6.45. The molecule has 0 unspecified atom stereocenters. The minimum Gasteiger partial charge on any atom is -0.329 e. The molecule has 0 spiro atoms. The van der Waals surface area contributed by atoms with Crippen molar-refractivity contribution in [3.05, 3.63) is 23.2 Å². The van der Waals surface area contributed by atoms with Crippen molar-refractivity contribution in [2.75, 3.05) is 17.2 Å². The highest BCUT2D eigenvalue weighted by Crippen LogP contribution is 2.41. The molecule has 2 rings (SSSR count). The summed E-state index contributed by atoms with van der Waals surface area (Å²) in [7, 11) is 0. The molecule has 0 aliphatic heterocycles. The fraction of sp³-hybridized carbons (Fsp3) is 0.467. The number of rotatable bonds is 5. The number of carbonyl (C=O) groups excluding carboxylic acids is 2. The van der Waals surface area contributed by atoms with Crippen LogP contribution in [0.15, 0.2) is 18.2 Å². The minimum atomic E-state index is -0.466. The fourth-order valence-corrected chi connectivity index (χ4v) is 2.50. The number of carbonyl (C=O) groups is 2. The number of benzene rings is 1. The molecule has 0 aromatic heterocycles. The lowest BCUT2D eigenvalue weighted by Gasteiger charge is -2.39. The molecule has 0 bridgehead atoms. The molecule has 4 N–H and O–H groups in total. The van der Waals surface area contributed by atoms with Crippen LogP contribution in [0.25, 0.3) is 0 Å². The van der Waals surface area contributed by atoms with E-state index in [0.29, 0.717) is 29.4 Å². The highest BCUT2D eigenvalue weighted by Gasteiger charge is 2.42. The summed E-state index contributed by atoms with van der Waals surface area (Å²) in [5, 5.41) is 6.01. The Bertz CT molecular complexity index is 550. The van der Waals surface area contributed by atoms with Crippen LogP contribution in [0.3, 0.4) is 0 Å². The van der Waals surface area contributed by atoms with Gasteiger partial charge in [-0.15, -0.1) is 0 Å². The zero-order chi connectivity index (χ0) is 15.5. The Morgan fingerprint density at radius 1 is 1.33 bits per heavy atom. The molecule has 1 saturated carbocycles. The van der Waals surface area contributed by atoms with Crippen LogP contribution in [0.1, 0.15) is 32.6 Å². The van der Waals surface area contributed by atoms with Gasteiger partial charge in [-0.3, -0.25) is 9.59 Å². The number of hydrogen-bond acceptors (Lipinski definition) is 3. The normalized spacial score (nSPS) is 16.0. The third kappa shape index (κ3) is 3.36. The Morgan fingerprint density at radius 3 is 2.57 bits per heavy atom. The average molecular weight is 310 g/mol. The van der Waals surface area contributed by atoms with Gasteiger partial charge in [0.25, 0.3) is 0 Å². The lowest BCUT2D eigenvalue weighted by molar-refractivity contribution is -0.129. The predicted molar refractivity (Wildman–Crippen MR) is 84.3 cm³/mol. The number of nitrogens with two attached hydrogens (primary N) is 1. The van der Waals surface area contributed by atoms with Crippen molar-refractivity contribution in [2.24, 2.45) is 11.1 Å². The quantitative estimate of drug-likeness (QED) is 0.782. The van der Waals surface area contributed by atoms with E-state index in [2.05, 4.69) is 10.6 Å². The molecule has 0 radical (unpaired) electrons. The summed E-state index contributed by atoms with van der Waals surface area (Å²) in [5.74, 6) is -0.191. The van der Waals surface area contributed by atoms with E-state index in [0.717, 1.165) is 19.3 Å². The van der Waals surface area contributed by atoms with Gasteiger partial charge in [-0.25, -0.2) is 0 Å². The number of halogens is 1. The van der Waals surface area contributed by atoms with E-state index < -0.39 is 5.41 Å². The van der Waals surface area contributed by atoms with Gasteiger partial charge in [-0.2, -0.15) is 0 Å². The lowest BCUT2D eigenvalue weighted by atomic mass is 9.68. The van der Waals surface area contributed by atoms with Gasteiger partial charge in [-0.1, -0.05) is 24.9 Å². The van der Waals surface area contributed by atoms with Crippen molar-refractivity contribution in [2.45, 2.75) is 32.6 Å². The zero-order valence-corrected chi connectivity index (χ0v) is 12.8. The lowest BCUT2D eigenvalue weighted by Crippen LogP contribution is -2.47.